The van der Waals surface area contributed by atoms with Gasteiger partial charge in [-0.1, -0.05) is 42.0 Å². The van der Waals surface area contributed by atoms with Crippen molar-refractivity contribution in [3.05, 3.63) is 65.2 Å². The molecule has 0 saturated carbocycles. The van der Waals surface area contributed by atoms with Crippen molar-refractivity contribution in [2.24, 2.45) is 0 Å². The molecule has 1 aliphatic rings. The van der Waals surface area contributed by atoms with Crippen LogP contribution in [0.15, 0.2) is 53.4 Å². The Morgan fingerprint density at radius 3 is 2.52 bits per heavy atom. The number of nitrogens with one attached hydrogen (secondary N) is 1. The van der Waals surface area contributed by atoms with Crippen LogP contribution in [0.1, 0.15) is 16.7 Å². The standard InChI is InChI=1S/C19H24N2O3S/c1-15-6-8-19(9-7-15)25(23,24)20-12-18(22)14-21-11-10-16-4-2-3-5-17(16)13-21/h2-9,18,20,22H,10-14H2,1H3. The number of aliphatic hydroxyl groups is 1. The largest absolute Gasteiger partial charge is 0.390 e. The molecular formula is C19H24N2O3S. The molecule has 0 amide bonds. The van der Waals surface area contributed by atoms with Gasteiger partial charge in [0.05, 0.1) is 11.0 Å². The van der Waals surface area contributed by atoms with Gasteiger partial charge in [-0.25, -0.2) is 13.1 Å². The lowest BCUT2D eigenvalue weighted by Crippen LogP contribution is -2.42. The van der Waals surface area contributed by atoms with Crippen LogP contribution in [-0.4, -0.2) is 44.2 Å². The van der Waals surface area contributed by atoms with Gasteiger partial charge in [0.25, 0.3) is 0 Å². The summed E-state index contributed by atoms with van der Waals surface area (Å²) >= 11 is 0. The lowest BCUT2D eigenvalue weighted by atomic mass is 10.00. The second-order valence-electron chi connectivity index (χ2n) is 6.57. The van der Waals surface area contributed by atoms with E-state index in [1.165, 1.54) is 11.1 Å². The fourth-order valence-corrected chi connectivity index (χ4v) is 4.15. The molecule has 1 unspecified atom stereocenters. The highest BCUT2D eigenvalue weighted by Crippen LogP contribution is 2.18. The van der Waals surface area contributed by atoms with Gasteiger partial charge in [0.15, 0.2) is 0 Å². The van der Waals surface area contributed by atoms with Crippen LogP contribution in [0.25, 0.3) is 0 Å². The summed E-state index contributed by atoms with van der Waals surface area (Å²) in [6.45, 7) is 4.03. The molecule has 0 fully saturated rings. The molecule has 2 N–H and O–H groups in total. The van der Waals surface area contributed by atoms with Crippen molar-refractivity contribution in [2.45, 2.75) is 30.9 Å². The maximum absolute atomic E-state index is 12.3. The molecular weight excluding hydrogens is 336 g/mol. The van der Waals surface area contributed by atoms with Crippen LogP contribution in [0.5, 0.6) is 0 Å². The molecule has 0 spiro atoms. The van der Waals surface area contributed by atoms with Gasteiger partial charge in [-0.3, -0.25) is 4.90 Å². The zero-order valence-corrected chi connectivity index (χ0v) is 15.2. The van der Waals surface area contributed by atoms with Crippen LogP contribution in [0, 0.1) is 6.92 Å². The minimum Gasteiger partial charge on any atom is -0.390 e. The van der Waals surface area contributed by atoms with Gasteiger partial charge in [-0.05, 0) is 36.6 Å². The third kappa shape index (κ3) is 4.67. The maximum Gasteiger partial charge on any atom is 0.240 e. The van der Waals surface area contributed by atoms with Crippen LogP contribution in [0.3, 0.4) is 0 Å². The molecule has 6 heteroatoms. The van der Waals surface area contributed by atoms with E-state index in [0.717, 1.165) is 25.1 Å². The molecule has 1 aliphatic heterocycles. The second kappa shape index (κ2) is 7.66. The highest BCUT2D eigenvalue weighted by atomic mass is 32.2. The van der Waals surface area contributed by atoms with Crippen LogP contribution in [0.2, 0.25) is 0 Å². The summed E-state index contributed by atoms with van der Waals surface area (Å²) in [7, 11) is -3.59. The van der Waals surface area contributed by atoms with E-state index in [1.54, 1.807) is 24.3 Å². The van der Waals surface area contributed by atoms with Gasteiger partial charge in [-0.15, -0.1) is 0 Å². The maximum atomic E-state index is 12.3. The zero-order valence-electron chi connectivity index (χ0n) is 14.4. The van der Waals surface area contributed by atoms with Gasteiger partial charge in [-0.2, -0.15) is 0 Å². The number of rotatable bonds is 6. The predicted octanol–water partition coefficient (Wildman–Crippen LogP) is 1.69. The van der Waals surface area contributed by atoms with Crippen molar-refractivity contribution in [1.29, 1.82) is 0 Å². The van der Waals surface area contributed by atoms with E-state index in [0.29, 0.717) is 6.54 Å². The van der Waals surface area contributed by atoms with Crippen molar-refractivity contribution in [1.82, 2.24) is 9.62 Å². The SMILES string of the molecule is Cc1ccc(S(=O)(=O)NCC(O)CN2CCc3ccccc3C2)cc1. The van der Waals surface area contributed by atoms with E-state index in [9.17, 15) is 13.5 Å². The summed E-state index contributed by atoms with van der Waals surface area (Å²) in [5, 5.41) is 10.2. The van der Waals surface area contributed by atoms with Crippen molar-refractivity contribution < 1.29 is 13.5 Å². The van der Waals surface area contributed by atoms with Crippen LogP contribution < -0.4 is 4.72 Å². The average molecular weight is 360 g/mol. The third-order valence-electron chi connectivity index (χ3n) is 4.52. The van der Waals surface area contributed by atoms with Gasteiger partial charge in [0, 0.05) is 26.2 Å². The lowest BCUT2D eigenvalue weighted by molar-refractivity contribution is 0.108. The molecule has 1 atom stereocenters. The number of β-amino-alcohol motifs (C(OH)–C–C–N with tert-alkyl or cyclic N) is 1. The normalized spacial score (nSPS) is 16.4. The Bertz CT molecular complexity index is 819. The molecule has 1 heterocycles. The Morgan fingerprint density at radius 1 is 1.12 bits per heavy atom. The minimum atomic E-state index is -3.59. The van der Waals surface area contributed by atoms with Gasteiger partial charge in [0.2, 0.25) is 10.0 Å². The molecule has 2 aromatic rings. The first-order chi connectivity index (χ1) is 11.9. The summed E-state index contributed by atoms with van der Waals surface area (Å²) in [5.41, 5.74) is 3.64. The number of nitrogens with zero attached hydrogens (tertiary/aromatic N) is 1. The number of sulfonamides is 1. The van der Waals surface area contributed by atoms with E-state index in [2.05, 4.69) is 21.8 Å². The van der Waals surface area contributed by atoms with Crippen LogP contribution in [-0.2, 0) is 23.0 Å². The van der Waals surface area contributed by atoms with E-state index >= 15 is 0 Å². The Hall–Kier alpha value is -1.73. The molecule has 2 aromatic carbocycles. The Morgan fingerprint density at radius 2 is 1.80 bits per heavy atom. The predicted molar refractivity (Wildman–Crippen MR) is 97.8 cm³/mol. The second-order valence-corrected chi connectivity index (χ2v) is 8.34. The van der Waals surface area contributed by atoms with E-state index < -0.39 is 16.1 Å². The summed E-state index contributed by atoms with van der Waals surface area (Å²) in [6, 6.07) is 15.0. The Balaban J connectivity index is 1.53. The molecule has 0 saturated heterocycles. The Kier molecular flexibility index (Phi) is 5.54. The number of hydrogen-bond acceptors (Lipinski definition) is 4. The van der Waals surface area contributed by atoms with E-state index in [4.69, 9.17) is 0 Å². The molecule has 3 rings (SSSR count). The topological polar surface area (TPSA) is 69.6 Å². The molecule has 0 bridgehead atoms. The van der Waals surface area contributed by atoms with Gasteiger partial charge in [0.1, 0.15) is 0 Å². The molecule has 0 radical (unpaired) electrons. The molecule has 5 nitrogen and oxygen atoms in total. The van der Waals surface area contributed by atoms with E-state index in [1.807, 2.05) is 19.1 Å². The molecule has 134 valence electrons. The average Bonchev–Trinajstić information content (AvgIpc) is 2.60. The van der Waals surface area contributed by atoms with Gasteiger partial charge >= 0.3 is 0 Å². The molecule has 25 heavy (non-hydrogen) atoms. The van der Waals surface area contributed by atoms with Crippen LogP contribution in [0.4, 0.5) is 0 Å². The number of hydrogen-bond donors (Lipinski definition) is 2. The van der Waals surface area contributed by atoms with Crippen molar-refractivity contribution >= 4 is 10.0 Å². The Labute approximate surface area is 149 Å². The van der Waals surface area contributed by atoms with Crippen molar-refractivity contribution in [2.75, 3.05) is 19.6 Å². The van der Waals surface area contributed by atoms with Crippen molar-refractivity contribution in [3.8, 4) is 0 Å². The zero-order chi connectivity index (χ0) is 17.9. The summed E-state index contributed by atoms with van der Waals surface area (Å²) in [4.78, 5) is 2.38. The smallest absolute Gasteiger partial charge is 0.240 e. The summed E-state index contributed by atoms with van der Waals surface area (Å²) in [5.74, 6) is 0. The quantitative estimate of drug-likeness (QED) is 0.823. The van der Waals surface area contributed by atoms with Crippen molar-refractivity contribution in [3.63, 3.8) is 0 Å². The monoisotopic (exact) mass is 360 g/mol. The molecule has 0 aliphatic carbocycles. The third-order valence-corrected chi connectivity index (χ3v) is 5.96. The van der Waals surface area contributed by atoms with Gasteiger partial charge < -0.3 is 5.11 Å². The number of aryl methyl sites for hydroxylation is 1. The first kappa shape index (κ1) is 18.1. The highest BCUT2D eigenvalue weighted by molar-refractivity contribution is 7.89. The fourth-order valence-electron chi connectivity index (χ4n) is 3.08. The number of benzene rings is 2. The first-order valence-electron chi connectivity index (χ1n) is 8.47. The number of aliphatic hydroxyl groups excluding tert-OH is 1. The van der Waals surface area contributed by atoms with E-state index in [-0.39, 0.29) is 11.4 Å². The summed E-state index contributed by atoms with van der Waals surface area (Å²) in [6.07, 6.45) is 0.211. The van der Waals surface area contributed by atoms with Crippen LogP contribution >= 0.6 is 0 Å². The first-order valence-corrected chi connectivity index (χ1v) is 9.96. The molecule has 0 aromatic heterocycles. The highest BCUT2D eigenvalue weighted by Gasteiger charge is 2.20. The minimum absolute atomic E-state index is 0.00829. The fraction of sp³-hybridized carbons (Fsp3) is 0.368. The summed E-state index contributed by atoms with van der Waals surface area (Å²) < 4.78 is 27.0. The number of fused-ring (bicyclic) bond motifs is 1. The lowest BCUT2D eigenvalue weighted by Gasteiger charge is -2.30.